The molecule has 0 bridgehead atoms. The van der Waals surface area contributed by atoms with Gasteiger partial charge in [-0.1, -0.05) is 0 Å². The van der Waals surface area contributed by atoms with Crippen molar-refractivity contribution < 1.29 is 32.9 Å². The number of carboxylic acid groups (broad SMARTS) is 1. The van der Waals surface area contributed by atoms with Crippen LogP contribution in [0.4, 0.5) is 10.5 Å². The molecule has 1 amide bonds. The highest BCUT2D eigenvalue weighted by atomic mass is 32.2. The first-order valence-corrected chi connectivity index (χ1v) is 7.85. The summed E-state index contributed by atoms with van der Waals surface area (Å²) in [5.74, 6) is -0.246. The molecule has 9 heteroatoms. The number of hydrogen-bond acceptors (Lipinski definition) is 6. The van der Waals surface area contributed by atoms with Crippen molar-refractivity contribution in [3.05, 3.63) is 17.7 Å². The minimum Gasteiger partial charge on any atom is -0.494 e. The molecule has 21 heavy (non-hydrogen) atoms. The highest BCUT2D eigenvalue weighted by Crippen LogP contribution is 2.38. The zero-order chi connectivity index (χ0) is 16.2. The van der Waals surface area contributed by atoms with Crippen LogP contribution in [0.3, 0.4) is 0 Å². The monoisotopic (exact) mass is 319 g/mol. The lowest BCUT2D eigenvalue weighted by atomic mass is 10.1. The molecule has 8 nitrogen and oxygen atoms in total. The van der Waals surface area contributed by atoms with Gasteiger partial charge >= 0.3 is 6.09 Å². The summed E-state index contributed by atoms with van der Waals surface area (Å²) >= 11 is 0. The number of aliphatic hydroxyl groups excluding tert-OH is 1. The van der Waals surface area contributed by atoms with Crippen LogP contribution in [-0.4, -0.2) is 51.0 Å². The van der Waals surface area contributed by atoms with Crippen LogP contribution in [0.5, 0.6) is 11.5 Å². The Hall–Kier alpha value is -2.00. The van der Waals surface area contributed by atoms with Crippen molar-refractivity contribution in [3.8, 4) is 11.5 Å². The first-order chi connectivity index (χ1) is 9.67. The molecule has 0 heterocycles. The van der Waals surface area contributed by atoms with E-state index in [1.165, 1.54) is 26.4 Å². The first kappa shape index (κ1) is 17.1. The predicted molar refractivity (Wildman–Crippen MR) is 75.9 cm³/mol. The second-order valence-corrected chi connectivity index (χ2v) is 6.52. The number of amides is 1. The van der Waals surface area contributed by atoms with Crippen LogP contribution in [0, 0.1) is 0 Å². The number of anilines is 1. The second kappa shape index (κ2) is 6.64. The number of aliphatic hydroxyl groups is 1. The van der Waals surface area contributed by atoms with Gasteiger partial charge in [0, 0.05) is 6.26 Å². The van der Waals surface area contributed by atoms with Gasteiger partial charge in [0.2, 0.25) is 0 Å². The van der Waals surface area contributed by atoms with Crippen molar-refractivity contribution in [1.29, 1.82) is 0 Å². The van der Waals surface area contributed by atoms with Gasteiger partial charge < -0.3 is 19.7 Å². The molecule has 1 unspecified atom stereocenters. The number of ether oxygens (including phenoxy) is 2. The SMILES string of the molecule is COc1cc(C(O)CS(C)(=O)=O)cc(OC)c1NC(=O)O. The molecule has 118 valence electrons. The lowest BCUT2D eigenvalue weighted by Crippen LogP contribution is -2.14. The smallest absolute Gasteiger partial charge is 0.409 e. The molecule has 0 fully saturated rings. The fourth-order valence-corrected chi connectivity index (χ4v) is 2.50. The van der Waals surface area contributed by atoms with E-state index in [9.17, 15) is 18.3 Å². The van der Waals surface area contributed by atoms with E-state index in [4.69, 9.17) is 14.6 Å². The molecule has 0 aliphatic rings. The van der Waals surface area contributed by atoms with Gasteiger partial charge in [0.15, 0.2) is 0 Å². The maximum Gasteiger partial charge on any atom is 0.409 e. The van der Waals surface area contributed by atoms with Crippen LogP contribution in [-0.2, 0) is 9.84 Å². The van der Waals surface area contributed by atoms with E-state index in [0.717, 1.165) is 6.26 Å². The van der Waals surface area contributed by atoms with Gasteiger partial charge in [0.05, 0.1) is 26.1 Å². The van der Waals surface area contributed by atoms with Crippen molar-refractivity contribution in [2.24, 2.45) is 0 Å². The Bertz CT molecular complexity index is 601. The molecule has 1 aromatic rings. The van der Waals surface area contributed by atoms with Gasteiger partial charge in [-0.25, -0.2) is 13.2 Å². The standard InChI is InChI=1S/C12H17NO7S/c1-19-9-4-7(8(14)6-21(3,17)18)5-10(20-2)11(9)13-12(15)16/h4-5,8,13-14H,6H2,1-3H3,(H,15,16). The maximum atomic E-state index is 11.2. The number of rotatable bonds is 6. The van der Waals surface area contributed by atoms with Gasteiger partial charge in [-0.05, 0) is 17.7 Å². The quantitative estimate of drug-likeness (QED) is 0.711. The third kappa shape index (κ3) is 4.80. The molecule has 1 atom stereocenters. The van der Waals surface area contributed by atoms with E-state index in [2.05, 4.69) is 5.32 Å². The third-order valence-corrected chi connectivity index (χ3v) is 3.53. The Labute approximate surface area is 122 Å². The fraction of sp³-hybridized carbons (Fsp3) is 0.417. The van der Waals surface area contributed by atoms with Gasteiger partial charge in [-0.15, -0.1) is 0 Å². The van der Waals surface area contributed by atoms with E-state index in [1.807, 2.05) is 0 Å². The molecule has 0 aliphatic heterocycles. The van der Waals surface area contributed by atoms with Gasteiger partial charge in [-0.3, -0.25) is 5.32 Å². The molecule has 1 rings (SSSR count). The molecule has 0 saturated heterocycles. The second-order valence-electron chi connectivity index (χ2n) is 4.34. The van der Waals surface area contributed by atoms with Crippen molar-refractivity contribution in [2.45, 2.75) is 6.10 Å². The van der Waals surface area contributed by atoms with Crippen LogP contribution in [0.1, 0.15) is 11.7 Å². The molecule has 0 aliphatic carbocycles. The molecule has 0 spiro atoms. The summed E-state index contributed by atoms with van der Waals surface area (Å²) in [6.45, 7) is 0. The zero-order valence-corrected chi connectivity index (χ0v) is 12.6. The molecule has 0 radical (unpaired) electrons. The molecule has 1 aromatic carbocycles. The Morgan fingerprint density at radius 2 is 1.76 bits per heavy atom. The fourth-order valence-electron chi connectivity index (χ4n) is 1.74. The number of hydrogen-bond donors (Lipinski definition) is 3. The van der Waals surface area contributed by atoms with Crippen LogP contribution >= 0.6 is 0 Å². The lowest BCUT2D eigenvalue weighted by Gasteiger charge is -2.17. The van der Waals surface area contributed by atoms with Crippen LogP contribution in [0.25, 0.3) is 0 Å². The molecule has 3 N–H and O–H groups in total. The Kier molecular flexibility index (Phi) is 5.39. The van der Waals surface area contributed by atoms with E-state index in [0.29, 0.717) is 0 Å². The van der Waals surface area contributed by atoms with Crippen molar-refractivity contribution in [1.82, 2.24) is 0 Å². The average molecular weight is 319 g/mol. The summed E-state index contributed by atoms with van der Waals surface area (Å²) in [4.78, 5) is 10.8. The number of benzene rings is 1. The minimum atomic E-state index is -3.38. The number of methoxy groups -OCH3 is 2. The van der Waals surface area contributed by atoms with Gasteiger partial charge in [0.1, 0.15) is 27.0 Å². The number of nitrogens with one attached hydrogen (secondary N) is 1. The van der Waals surface area contributed by atoms with Crippen LogP contribution in [0.15, 0.2) is 12.1 Å². The summed E-state index contributed by atoms with van der Waals surface area (Å²) in [7, 11) is -0.753. The van der Waals surface area contributed by atoms with Crippen LogP contribution < -0.4 is 14.8 Å². The predicted octanol–water partition coefficient (Wildman–Crippen LogP) is 0.872. The topological polar surface area (TPSA) is 122 Å². The van der Waals surface area contributed by atoms with Crippen molar-refractivity contribution >= 4 is 21.6 Å². The summed E-state index contributed by atoms with van der Waals surface area (Å²) in [6, 6.07) is 2.70. The normalized spacial score (nSPS) is 12.6. The highest BCUT2D eigenvalue weighted by Gasteiger charge is 2.20. The summed E-state index contributed by atoms with van der Waals surface area (Å²) in [6.07, 6.45) is -1.58. The lowest BCUT2D eigenvalue weighted by molar-refractivity contribution is 0.201. The first-order valence-electron chi connectivity index (χ1n) is 5.79. The average Bonchev–Trinajstić information content (AvgIpc) is 2.36. The highest BCUT2D eigenvalue weighted by molar-refractivity contribution is 7.90. The van der Waals surface area contributed by atoms with E-state index in [-0.39, 0.29) is 22.7 Å². The van der Waals surface area contributed by atoms with Crippen LogP contribution in [0.2, 0.25) is 0 Å². The number of sulfone groups is 1. The maximum absolute atomic E-state index is 11.2. The number of carbonyl (C=O) groups is 1. The minimum absolute atomic E-state index is 0.0720. The molecular weight excluding hydrogens is 302 g/mol. The summed E-state index contributed by atoms with van der Waals surface area (Å²) in [5, 5.41) is 20.9. The zero-order valence-electron chi connectivity index (χ0n) is 11.8. The third-order valence-electron chi connectivity index (χ3n) is 2.61. The van der Waals surface area contributed by atoms with Gasteiger partial charge in [0.25, 0.3) is 0 Å². The Balaban J connectivity index is 3.28. The molecule has 0 saturated carbocycles. The molecular formula is C12H17NO7S. The van der Waals surface area contributed by atoms with E-state index in [1.54, 1.807) is 0 Å². The Morgan fingerprint density at radius 1 is 1.29 bits per heavy atom. The van der Waals surface area contributed by atoms with Crippen molar-refractivity contribution in [2.75, 3.05) is 31.5 Å². The van der Waals surface area contributed by atoms with Gasteiger partial charge in [-0.2, -0.15) is 0 Å². The summed E-state index contributed by atoms with van der Waals surface area (Å²) in [5.41, 5.74) is 0.313. The van der Waals surface area contributed by atoms with E-state index >= 15 is 0 Å². The van der Waals surface area contributed by atoms with Crippen molar-refractivity contribution in [3.63, 3.8) is 0 Å². The molecule has 0 aromatic heterocycles. The Morgan fingerprint density at radius 3 is 2.10 bits per heavy atom. The largest absolute Gasteiger partial charge is 0.494 e. The van der Waals surface area contributed by atoms with E-state index < -0.39 is 27.8 Å². The summed E-state index contributed by atoms with van der Waals surface area (Å²) < 4.78 is 32.5.